The number of para-hydroxylation sites is 2. The lowest BCUT2D eigenvalue weighted by molar-refractivity contribution is 1.16. The summed E-state index contributed by atoms with van der Waals surface area (Å²) in [6, 6.07) is 69.3. The van der Waals surface area contributed by atoms with Crippen LogP contribution in [0.4, 0.5) is 0 Å². The lowest BCUT2D eigenvalue weighted by Gasteiger charge is -2.12. The van der Waals surface area contributed by atoms with Crippen LogP contribution in [0.25, 0.3) is 109 Å². The molecule has 0 amide bonds. The lowest BCUT2D eigenvalue weighted by Crippen LogP contribution is -1.97. The highest BCUT2D eigenvalue weighted by atomic mass is 32.1. The molecule has 12 rings (SSSR count). The predicted molar refractivity (Wildman–Crippen MR) is 240 cm³/mol. The standard InChI is InChI=1S/C52H32N4S/c1-3-14-33(15-4-1)42-32-43(34-16-5-2-6-17-34)54-52(53-42)35-26-28-36(29-27-35)55-45-23-11-8-20-41(45)49-46(55)31-30-39-37-18-7-10-22-44(37)56(50(39)49)47-24-13-21-40-38-19-9-12-25-48(38)57-51(40)47/h1-32H. The van der Waals surface area contributed by atoms with Gasteiger partial charge in [0.1, 0.15) is 0 Å². The summed E-state index contributed by atoms with van der Waals surface area (Å²) in [6.45, 7) is 0. The van der Waals surface area contributed by atoms with Crippen molar-refractivity contribution in [3.8, 4) is 45.3 Å². The molecule has 0 spiro atoms. The highest BCUT2D eigenvalue weighted by Crippen LogP contribution is 2.45. The summed E-state index contributed by atoms with van der Waals surface area (Å²) >= 11 is 1.88. The largest absolute Gasteiger partial charge is 0.309 e. The second kappa shape index (κ2) is 12.6. The van der Waals surface area contributed by atoms with Crippen molar-refractivity contribution in [2.45, 2.75) is 0 Å². The van der Waals surface area contributed by atoms with Gasteiger partial charge in [-0.25, -0.2) is 9.97 Å². The molecular formula is C52H32N4S. The second-order valence-corrected chi connectivity index (χ2v) is 15.6. The Hall–Kier alpha value is -7.34. The van der Waals surface area contributed by atoms with E-state index in [1.54, 1.807) is 0 Å². The molecule has 0 N–H and O–H groups in total. The highest BCUT2D eigenvalue weighted by molar-refractivity contribution is 7.26. The van der Waals surface area contributed by atoms with Crippen molar-refractivity contribution in [2.75, 3.05) is 0 Å². The number of nitrogens with zero attached hydrogens (tertiary/aromatic N) is 4. The molecule has 0 bridgehead atoms. The summed E-state index contributed by atoms with van der Waals surface area (Å²) in [6.07, 6.45) is 0. The fourth-order valence-corrected chi connectivity index (χ4v) is 10.0. The van der Waals surface area contributed by atoms with Crippen molar-refractivity contribution < 1.29 is 0 Å². The van der Waals surface area contributed by atoms with Gasteiger partial charge in [0.05, 0.1) is 43.8 Å². The molecule has 4 nitrogen and oxygen atoms in total. The molecule has 57 heavy (non-hydrogen) atoms. The first kappa shape index (κ1) is 32.0. The van der Waals surface area contributed by atoms with E-state index in [9.17, 15) is 0 Å². The number of rotatable bonds is 5. The topological polar surface area (TPSA) is 35.6 Å². The van der Waals surface area contributed by atoms with Crippen LogP contribution in [0, 0.1) is 0 Å². The SMILES string of the molecule is c1ccc(-c2cc(-c3ccccc3)nc(-c3ccc(-n4c5ccccc5c5c4ccc4c6ccccc6n(-c6cccc7c6sc6ccccc67)c45)cc3)n2)cc1. The molecule has 0 unspecified atom stereocenters. The number of fused-ring (bicyclic) bond motifs is 10. The Kier molecular flexibility index (Phi) is 7.06. The Morgan fingerprint density at radius 2 is 0.982 bits per heavy atom. The van der Waals surface area contributed by atoms with Crippen molar-refractivity contribution in [3.05, 3.63) is 194 Å². The second-order valence-electron chi connectivity index (χ2n) is 14.6. The van der Waals surface area contributed by atoms with Crippen LogP contribution in [0.1, 0.15) is 0 Å². The summed E-state index contributed by atoms with van der Waals surface area (Å²) in [5.41, 5.74) is 11.9. The lowest BCUT2D eigenvalue weighted by atomic mass is 10.1. The molecular weight excluding hydrogens is 713 g/mol. The minimum atomic E-state index is 0.700. The molecule has 0 fully saturated rings. The molecule has 0 aliphatic carbocycles. The van der Waals surface area contributed by atoms with E-state index in [-0.39, 0.29) is 0 Å². The number of benzene rings is 8. The Balaban J connectivity index is 1.08. The van der Waals surface area contributed by atoms with E-state index in [1.807, 2.05) is 23.5 Å². The molecule has 0 radical (unpaired) electrons. The Morgan fingerprint density at radius 3 is 1.70 bits per heavy atom. The van der Waals surface area contributed by atoms with Crippen molar-refractivity contribution in [3.63, 3.8) is 0 Å². The predicted octanol–water partition coefficient (Wildman–Crippen LogP) is 14.0. The van der Waals surface area contributed by atoms with Crippen molar-refractivity contribution >= 4 is 75.1 Å². The van der Waals surface area contributed by atoms with Crippen LogP contribution < -0.4 is 0 Å². The van der Waals surface area contributed by atoms with Crippen LogP contribution in [-0.4, -0.2) is 19.1 Å². The third-order valence-corrected chi connectivity index (χ3v) is 12.6. The van der Waals surface area contributed by atoms with Gasteiger partial charge in [-0.2, -0.15) is 0 Å². The van der Waals surface area contributed by atoms with Gasteiger partial charge in [0, 0.05) is 59.4 Å². The summed E-state index contributed by atoms with van der Waals surface area (Å²) in [5.74, 6) is 0.700. The van der Waals surface area contributed by atoms with Gasteiger partial charge in [0.25, 0.3) is 0 Å². The zero-order valence-electron chi connectivity index (χ0n) is 30.7. The van der Waals surface area contributed by atoms with Gasteiger partial charge in [-0.05, 0) is 60.7 Å². The van der Waals surface area contributed by atoms with Gasteiger partial charge >= 0.3 is 0 Å². The van der Waals surface area contributed by atoms with Crippen LogP contribution >= 0.6 is 11.3 Å². The number of hydrogen-bond donors (Lipinski definition) is 0. The first-order valence-electron chi connectivity index (χ1n) is 19.3. The third kappa shape index (κ3) is 4.93. The molecule has 4 heterocycles. The molecule has 12 aromatic rings. The monoisotopic (exact) mass is 744 g/mol. The summed E-state index contributed by atoms with van der Waals surface area (Å²) in [5, 5.41) is 7.57. The van der Waals surface area contributed by atoms with E-state index in [0.717, 1.165) is 39.3 Å². The van der Waals surface area contributed by atoms with Gasteiger partial charge in [0.2, 0.25) is 0 Å². The van der Waals surface area contributed by atoms with E-state index in [1.165, 1.54) is 64.0 Å². The van der Waals surface area contributed by atoms with Crippen LogP contribution in [0.5, 0.6) is 0 Å². The molecule has 8 aromatic carbocycles. The molecule has 0 aliphatic rings. The quantitative estimate of drug-likeness (QED) is 0.176. The minimum Gasteiger partial charge on any atom is -0.309 e. The van der Waals surface area contributed by atoms with Crippen LogP contribution in [0.3, 0.4) is 0 Å². The Bertz CT molecular complexity index is 3450. The van der Waals surface area contributed by atoms with E-state index >= 15 is 0 Å². The Labute approximate surface area is 332 Å². The van der Waals surface area contributed by atoms with Gasteiger partial charge in [0.15, 0.2) is 5.82 Å². The summed E-state index contributed by atoms with van der Waals surface area (Å²) < 4.78 is 7.53. The van der Waals surface area contributed by atoms with E-state index < -0.39 is 0 Å². The van der Waals surface area contributed by atoms with Crippen LogP contribution in [0.15, 0.2) is 194 Å². The maximum atomic E-state index is 5.10. The Morgan fingerprint density at radius 1 is 0.386 bits per heavy atom. The number of aromatic nitrogens is 4. The average molecular weight is 745 g/mol. The number of thiophene rings is 1. The fourth-order valence-electron chi connectivity index (χ4n) is 8.79. The van der Waals surface area contributed by atoms with Crippen LogP contribution in [-0.2, 0) is 0 Å². The fraction of sp³-hybridized carbons (Fsp3) is 0. The van der Waals surface area contributed by atoms with Gasteiger partial charge in [-0.1, -0.05) is 133 Å². The average Bonchev–Trinajstić information content (AvgIpc) is 3.95. The molecule has 4 aromatic heterocycles. The first-order chi connectivity index (χ1) is 28.3. The van der Waals surface area contributed by atoms with Crippen molar-refractivity contribution in [2.24, 2.45) is 0 Å². The maximum absolute atomic E-state index is 5.10. The normalized spacial score (nSPS) is 11.9. The summed E-state index contributed by atoms with van der Waals surface area (Å²) in [4.78, 5) is 10.2. The molecule has 0 aliphatic heterocycles. The molecule has 0 atom stereocenters. The highest BCUT2D eigenvalue weighted by Gasteiger charge is 2.22. The van der Waals surface area contributed by atoms with Gasteiger partial charge in [-0.3, -0.25) is 0 Å². The van der Waals surface area contributed by atoms with Crippen LogP contribution in [0.2, 0.25) is 0 Å². The van der Waals surface area contributed by atoms with Crippen molar-refractivity contribution in [1.82, 2.24) is 19.1 Å². The van der Waals surface area contributed by atoms with E-state index in [0.29, 0.717) is 5.82 Å². The third-order valence-electron chi connectivity index (χ3n) is 11.3. The molecule has 266 valence electrons. The van der Waals surface area contributed by atoms with E-state index in [4.69, 9.17) is 9.97 Å². The smallest absolute Gasteiger partial charge is 0.160 e. The van der Waals surface area contributed by atoms with Gasteiger partial charge in [-0.15, -0.1) is 11.3 Å². The molecule has 0 saturated heterocycles. The maximum Gasteiger partial charge on any atom is 0.160 e. The van der Waals surface area contributed by atoms with Gasteiger partial charge < -0.3 is 9.13 Å². The minimum absolute atomic E-state index is 0.700. The zero-order chi connectivity index (χ0) is 37.5. The first-order valence-corrected chi connectivity index (χ1v) is 20.1. The number of hydrogen-bond acceptors (Lipinski definition) is 3. The van der Waals surface area contributed by atoms with E-state index in [2.05, 4.69) is 191 Å². The van der Waals surface area contributed by atoms with Crippen molar-refractivity contribution in [1.29, 1.82) is 0 Å². The summed E-state index contributed by atoms with van der Waals surface area (Å²) in [7, 11) is 0. The molecule has 0 saturated carbocycles. The molecule has 5 heteroatoms. The zero-order valence-corrected chi connectivity index (χ0v) is 31.5.